The smallest absolute Gasteiger partial charge is 0.306 e. The first-order valence-electron chi connectivity index (χ1n) is 12.9. The fourth-order valence-corrected chi connectivity index (χ4v) is 5.98. The van der Waals surface area contributed by atoms with E-state index in [1.54, 1.807) is 30.3 Å². The van der Waals surface area contributed by atoms with Gasteiger partial charge in [0.05, 0.1) is 36.1 Å². The van der Waals surface area contributed by atoms with Gasteiger partial charge in [-0.25, -0.2) is 13.1 Å². The number of hydrogen-bond acceptors (Lipinski definition) is 8. The lowest BCUT2D eigenvalue weighted by Gasteiger charge is -2.20. The second kappa shape index (κ2) is 11.9. The molecule has 40 heavy (non-hydrogen) atoms. The molecule has 0 radical (unpaired) electrons. The summed E-state index contributed by atoms with van der Waals surface area (Å²) in [4.78, 5) is 25.3. The summed E-state index contributed by atoms with van der Waals surface area (Å²) < 4.78 is 42.0. The summed E-state index contributed by atoms with van der Waals surface area (Å²) >= 11 is 1.08. The largest absolute Gasteiger partial charge is 0.469 e. The van der Waals surface area contributed by atoms with E-state index in [9.17, 15) is 18.0 Å². The third-order valence-electron chi connectivity index (χ3n) is 6.95. The molecule has 4 rings (SSSR count). The van der Waals surface area contributed by atoms with Gasteiger partial charge in [0.15, 0.2) is 0 Å². The molecule has 3 aromatic carbocycles. The highest BCUT2D eigenvalue weighted by Crippen LogP contribution is 2.28. The topological polar surface area (TPSA) is 115 Å². The molecule has 0 aliphatic rings. The van der Waals surface area contributed by atoms with Gasteiger partial charge in [-0.3, -0.25) is 9.59 Å². The Kier molecular flexibility index (Phi) is 8.70. The minimum Gasteiger partial charge on any atom is -0.469 e. The fourth-order valence-electron chi connectivity index (χ4n) is 4.44. The highest BCUT2D eigenvalue weighted by molar-refractivity contribution is 7.90. The molecular weight excluding hydrogens is 546 g/mol. The standard InChI is InChI=1S/C30H33N3O5S2/c1-19(16-28(34)38-5)21-8-6-20(7-9-21)17-25(22-10-15-26-27(18-22)32-39-31-26)29(35)33-40(36,37)24-13-11-23(12-14-24)30(2,3)4/h6-15,18-19,25H,16-17H2,1-5H3,(H,33,35). The number of hydrogen-bond donors (Lipinski definition) is 1. The Morgan fingerprint density at radius 2 is 1.55 bits per heavy atom. The van der Waals surface area contributed by atoms with Gasteiger partial charge in [-0.1, -0.05) is 70.2 Å². The van der Waals surface area contributed by atoms with E-state index in [1.165, 1.54) is 19.2 Å². The number of esters is 1. The molecule has 1 amide bonds. The van der Waals surface area contributed by atoms with Crippen LogP contribution in [0.25, 0.3) is 11.0 Å². The second-order valence-corrected chi connectivity index (χ2v) is 13.1. The average Bonchev–Trinajstić information content (AvgIpc) is 3.39. The van der Waals surface area contributed by atoms with Crippen LogP contribution in [0, 0.1) is 0 Å². The number of fused-ring (bicyclic) bond motifs is 1. The van der Waals surface area contributed by atoms with E-state index in [2.05, 4.69) is 13.5 Å². The third kappa shape index (κ3) is 6.92. The summed E-state index contributed by atoms with van der Waals surface area (Å²) in [7, 11) is -2.74. The van der Waals surface area contributed by atoms with Crippen molar-refractivity contribution in [2.24, 2.45) is 0 Å². The van der Waals surface area contributed by atoms with Gasteiger partial charge >= 0.3 is 5.97 Å². The van der Waals surface area contributed by atoms with Crippen molar-refractivity contribution >= 4 is 44.7 Å². The maximum atomic E-state index is 13.6. The summed E-state index contributed by atoms with van der Waals surface area (Å²) in [6.07, 6.45) is 0.524. The molecule has 210 valence electrons. The zero-order valence-corrected chi connectivity index (χ0v) is 24.8. The van der Waals surface area contributed by atoms with Crippen molar-refractivity contribution in [2.75, 3.05) is 7.11 Å². The van der Waals surface area contributed by atoms with Crippen LogP contribution in [0.2, 0.25) is 0 Å². The van der Waals surface area contributed by atoms with Crippen molar-refractivity contribution in [3.05, 3.63) is 89.0 Å². The zero-order valence-electron chi connectivity index (χ0n) is 23.2. The van der Waals surface area contributed by atoms with Crippen LogP contribution in [0.3, 0.4) is 0 Å². The van der Waals surface area contributed by atoms with Crippen molar-refractivity contribution in [1.82, 2.24) is 13.5 Å². The van der Waals surface area contributed by atoms with Crippen LogP contribution >= 0.6 is 11.7 Å². The quantitative estimate of drug-likeness (QED) is 0.261. The van der Waals surface area contributed by atoms with E-state index in [0.29, 0.717) is 16.6 Å². The monoisotopic (exact) mass is 579 g/mol. The third-order valence-corrected chi connectivity index (χ3v) is 8.87. The Labute approximate surface area is 239 Å². The van der Waals surface area contributed by atoms with Gasteiger partial charge < -0.3 is 4.74 Å². The molecule has 0 saturated carbocycles. The number of nitrogens with one attached hydrogen (secondary N) is 1. The van der Waals surface area contributed by atoms with Crippen molar-refractivity contribution in [3.63, 3.8) is 0 Å². The summed E-state index contributed by atoms with van der Waals surface area (Å²) in [5, 5.41) is 0. The van der Waals surface area contributed by atoms with Crippen LogP contribution in [0.4, 0.5) is 0 Å². The molecule has 10 heteroatoms. The Hall–Kier alpha value is -3.63. The first-order valence-corrected chi connectivity index (χ1v) is 15.1. The summed E-state index contributed by atoms with van der Waals surface area (Å²) in [5.74, 6) is -1.75. The Bertz CT molecular complexity index is 1610. The minimum absolute atomic E-state index is 0.0238. The van der Waals surface area contributed by atoms with Crippen molar-refractivity contribution in [1.29, 1.82) is 0 Å². The number of carbonyl (C=O) groups excluding carboxylic acids is 2. The number of ether oxygens (including phenoxy) is 1. The van der Waals surface area contributed by atoms with Gasteiger partial charge in [-0.15, -0.1) is 0 Å². The highest BCUT2D eigenvalue weighted by Gasteiger charge is 2.27. The number of sulfonamides is 1. The summed E-state index contributed by atoms with van der Waals surface area (Å²) in [5.41, 5.74) is 4.66. The maximum Gasteiger partial charge on any atom is 0.306 e. The minimum atomic E-state index is -4.10. The lowest BCUT2D eigenvalue weighted by atomic mass is 9.87. The molecule has 0 aliphatic carbocycles. The van der Waals surface area contributed by atoms with Gasteiger partial charge in [-0.05, 0) is 64.3 Å². The van der Waals surface area contributed by atoms with E-state index >= 15 is 0 Å². The van der Waals surface area contributed by atoms with Crippen LogP contribution in [0.5, 0.6) is 0 Å². The first kappa shape index (κ1) is 29.4. The predicted molar refractivity (Wildman–Crippen MR) is 156 cm³/mol. The van der Waals surface area contributed by atoms with Crippen molar-refractivity contribution < 1.29 is 22.7 Å². The lowest BCUT2D eigenvalue weighted by molar-refractivity contribution is -0.141. The van der Waals surface area contributed by atoms with Gasteiger partial charge in [0.1, 0.15) is 11.0 Å². The van der Waals surface area contributed by atoms with Gasteiger partial charge in [-0.2, -0.15) is 8.75 Å². The molecule has 1 N–H and O–H groups in total. The Balaban J connectivity index is 1.60. The van der Waals surface area contributed by atoms with E-state index in [-0.39, 0.29) is 35.0 Å². The number of carbonyl (C=O) groups is 2. The molecule has 0 spiro atoms. The lowest BCUT2D eigenvalue weighted by Crippen LogP contribution is -2.35. The maximum absolute atomic E-state index is 13.6. The van der Waals surface area contributed by atoms with E-state index in [0.717, 1.165) is 28.4 Å². The van der Waals surface area contributed by atoms with Crippen LogP contribution in [-0.2, 0) is 36.2 Å². The molecule has 1 aromatic heterocycles. The summed E-state index contributed by atoms with van der Waals surface area (Å²) in [6.45, 7) is 8.08. The van der Waals surface area contributed by atoms with Crippen LogP contribution in [-0.4, -0.2) is 36.2 Å². The molecule has 2 unspecified atom stereocenters. The van der Waals surface area contributed by atoms with E-state index in [4.69, 9.17) is 4.74 Å². The fraction of sp³-hybridized carbons (Fsp3) is 0.333. The normalized spacial score (nSPS) is 13.5. The molecule has 0 fully saturated rings. The molecule has 0 bridgehead atoms. The molecule has 1 heterocycles. The number of amides is 1. The molecule has 0 aliphatic heterocycles. The highest BCUT2D eigenvalue weighted by atomic mass is 32.2. The van der Waals surface area contributed by atoms with Crippen LogP contribution in [0.1, 0.15) is 68.2 Å². The Morgan fingerprint density at radius 1 is 0.925 bits per heavy atom. The number of nitrogens with zero attached hydrogens (tertiary/aromatic N) is 2. The number of benzene rings is 3. The molecular formula is C30H33N3O5S2. The molecule has 2 atom stereocenters. The Morgan fingerprint density at radius 3 is 2.17 bits per heavy atom. The van der Waals surface area contributed by atoms with E-state index in [1.807, 2.05) is 52.0 Å². The van der Waals surface area contributed by atoms with Gasteiger partial charge in [0.25, 0.3) is 10.0 Å². The first-order chi connectivity index (χ1) is 18.9. The number of aromatic nitrogens is 2. The van der Waals surface area contributed by atoms with Crippen molar-refractivity contribution in [2.45, 2.75) is 62.7 Å². The predicted octanol–water partition coefficient (Wildman–Crippen LogP) is 5.49. The molecule has 0 saturated heterocycles. The zero-order chi connectivity index (χ0) is 29.1. The van der Waals surface area contributed by atoms with Crippen LogP contribution < -0.4 is 4.72 Å². The van der Waals surface area contributed by atoms with Crippen LogP contribution in [0.15, 0.2) is 71.6 Å². The van der Waals surface area contributed by atoms with Gasteiger partial charge in [0.2, 0.25) is 5.91 Å². The molecule has 8 nitrogen and oxygen atoms in total. The molecule has 4 aromatic rings. The van der Waals surface area contributed by atoms with E-state index < -0.39 is 21.8 Å². The summed E-state index contributed by atoms with van der Waals surface area (Å²) in [6, 6.07) is 19.5. The van der Waals surface area contributed by atoms with Crippen molar-refractivity contribution in [3.8, 4) is 0 Å². The number of rotatable bonds is 9. The number of methoxy groups -OCH3 is 1. The second-order valence-electron chi connectivity index (χ2n) is 10.9. The average molecular weight is 580 g/mol. The SMILES string of the molecule is COC(=O)CC(C)c1ccc(CC(C(=O)NS(=O)(=O)c2ccc(C(C)(C)C)cc2)c2ccc3nsnc3c2)cc1. The van der Waals surface area contributed by atoms with Gasteiger partial charge in [0, 0.05) is 0 Å².